The third-order valence-corrected chi connectivity index (χ3v) is 13.8. The molecule has 0 aliphatic carbocycles. The Bertz CT molecular complexity index is 1490. The van der Waals surface area contributed by atoms with Crippen molar-refractivity contribution in [1.82, 2.24) is 0 Å². The van der Waals surface area contributed by atoms with E-state index in [9.17, 15) is 14.4 Å². The molecule has 0 heterocycles. The number of carbonyl (C=O) groups excluding carboxylic acids is 3. The number of ether oxygens (including phenoxy) is 3. The molecule has 0 aromatic carbocycles. The van der Waals surface area contributed by atoms with Crippen LogP contribution in [0.3, 0.4) is 0 Å². The molecular formula is C70H120O6. The summed E-state index contributed by atoms with van der Waals surface area (Å²) in [5.41, 5.74) is 0. The fourth-order valence-electron chi connectivity index (χ4n) is 9.07. The smallest absolute Gasteiger partial charge is 0.306 e. The monoisotopic (exact) mass is 1060 g/mol. The maximum Gasteiger partial charge on any atom is 0.306 e. The average Bonchev–Trinajstić information content (AvgIpc) is 3.42. The molecule has 0 radical (unpaired) electrons. The molecule has 1 unspecified atom stereocenters. The lowest BCUT2D eigenvalue weighted by Gasteiger charge is -2.18. The lowest BCUT2D eigenvalue weighted by Crippen LogP contribution is -2.30. The van der Waals surface area contributed by atoms with Gasteiger partial charge in [-0.2, -0.15) is 0 Å². The average molecular weight is 1060 g/mol. The maximum atomic E-state index is 12.9. The van der Waals surface area contributed by atoms with Crippen LogP contribution in [0.1, 0.15) is 310 Å². The molecule has 436 valence electrons. The number of rotatable bonds is 58. The summed E-state index contributed by atoms with van der Waals surface area (Å²) in [7, 11) is 0. The second kappa shape index (κ2) is 63.9. The van der Waals surface area contributed by atoms with E-state index in [-0.39, 0.29) is 31.1 Å². The van der Waals surface area contributed by atoms with Gasteiger partial charge in [0.2, 0.25) is 0 Å². The van der Waals surface area contributed by atoms with E-state index < -0.39 is 6.10 Å². The molecule has 0 N–H and O–H groups in total. The van der Waals surface area contributed by atoms with E-state index in [1.807, 2.05) is 0 Å². The first kappa shape index (κ1) is 72.3. The summed E-state index contributed by atoms with van der Waals surface area (Å²) in [5.74, 6) is -0.893. The minimum absolute atomic E-state index is 0.0837. The molecule has 6 heteroatoms. The molecule has 6 nitrogen and oxygen atoms in total. The summed E-state index contributed by atoms with van der Waals surface area (Å²) < 4.78 is 16.9. The van der Waals surface area contributed by atoms with Crippen molar-refractivity contribution in [2.45, 2.75) is 316 Å². The van der Waals surface area contributed by atoms with Crippen LogP contribution in [0.5, 0.6) is 0 Å². The predicted molar refractivity (Wildman–Crippen MR) is 330 cm³/mol. The van der Waals surface area contributed by atoms with Gasteiger partial charge in [0.15, 0.2) is 6.10 Å². The maximum absolute atomic E-state index is 12.9. The molecule has 76 heavy (non-hydrogen) atoms. The standard InChI is InChI=1S/C70H120O6/c1-4-7-10-13-16-19-22-25-28-31-34-35-37-39-42-45-48-51-54-57-60-63-69(72)75-66-67(65-74-68(71)62-59-56-53-50-47-44-41-38-33-30-27-24-21-18-15-12-9-6-3)76-70(73)64-61-58-55-52-49-46-43-40-36-32-29-26-23-20-17-14-11-8-5-2/h7-8,10-11,16-17,19-20,25-26,28-29,34-36,40,67H,4-6,9,12-15,18,21-24,27,30-33,37-39,41-66H2,1-3H3/b10-7-,11-8-,19-16-,20-17-,28-25-,29-26-,35-34-,40-36-. The minimum Gasteiger partial charge on any atom is -0.462 e. The highest BCUT2D eigenvalue weighted by atomic mass is 16.6. The number of carbonyl (C=O) groups is 3. The zero-order valence-corrected chi connectivity index (χ0v) is 50.0. The van der Waals surface area contributed by atoms with Gasteiger partial charge >= 0.3 is 17.9 Å². The quantitative estimate of drug-likeness (QED) is 0.0261. The van der Waals surface area contributed by atoms with Crippen molar-refractivity contribution in [2.75, 3.05) is 13.2 Å². The summed E-state index contributed by atoms with van der Waals surface area (Å²) in [6.45, 7) is 6.43. The van der Waals surface area contributed by atoms with E-state index in [1.54, 1.807) is 0 Å². The van der Waals surface area contributed by atoms with E-state index >= 15 is 0 Å². The normalized spacial score (nSPS) is 12.7. The largest absolute Gasteiger partial charge is 0.462 e. The topological polar surface area (TPSA) is 78.9 Å². The first-order chi connectivity index (χ1) is 37.5. The number of hydrogen-bond donors (Lipinski definition) is 0. The van der Waals surface area contributed by atoms with Crippen LogP contribution >= 0.6 is 0 Å². The third kappa shape index (κ3) is 61.2. The first-order valence-corrected chi connectivity index (χ1v) is 32.2. The van der Waals surface area contributed by atoms with E-state index in [4.69, 9.17) is 14.2 Å². The van der Waals surface area contributed by atoms with Gasteiger partial charge in [0.25, 0.3) is 0 Å². The molecule has 0 aliphatic rings. The molecule has 1 atom stereocenters. The van der Waals surface area contributed by atoms with Crippen molar-refractivity contribution >= 4 is 17.9 Å². The highest BCUT2D eigenvalue weighted by molar-refractivity contribution is 5.71. The molecule has 0 aromatic heterocycles. The van der Waals surface area contributed by atoms with E-state index in [0.717, 1.165) is 128 Å². The molecule has 0 aromatic rings. The Kier molecular flexibility index (Phi) is 60.8. The Morgan fingerprint density at radius 1 is 0.276 bits per heavy atom. The van der Waals surface area contributed by atoms with E-state index in [0.29, 0.717) is 19.3 Å². The van der Waals surface area contributed by atoms with Gasteiger partial charge in [0.05, 0.1) is 0 Å². The molecule has 0 rings (SSSR count). The van der Waals surface area contributed by atoms with Crippen LogP contribution in [0, 0.1) is 0 Å². The van der Waals surface area contributed by atoms with Gasteiger partial charge in [-0.05, 0) is 96.3 Å². The Hall–Kier alpha value is -3.67. The Morgan fingerprint density at radius 3 is 0.803 bits per heavy atom. The zero-order chi connectivity index (χ0) is 55.0. The van der Waals surface area contributed by atoms with Crippen LogP contribution in [0.4, 0.5) is 0 Å². The summed E-state index contributed by atoms with van der Waals surface area (Å²) in [4.78, 5) is 38.4. The van der Waals surface area contributed by atoms with Gasteiger partial charge in [0, 0.05) is 19.3 Å². The van der Waals surface area contributed by atoms with Crippen LogP contribution in [0.2, 0.25) is 0 Å². The summed E-state index contributed by atoms with van der Waals surface area (Å²) in [6, 6.07) is 0. The fourth-order valence-corrected chi connectivity index (χ4v) is 9.07. The second-order valence-electron chi connectivity index (χ2n) is 21.3. The van der Waals surface area contributed by atoms with Crippen molar-refractivity contribution < 1.29 is 28.6 Å². The molecular weight excluding hydrogens is 937 g/mol. The molecule has 0 saturated heterocycles. The fraction of sp³-hybridized carbons (Fsp3) is 0.729. The molecule has 0 saturated carbocycles. The molecule has 0 aliphatic heterocycles. The number of esters is 3. The first-order valence-electron chi connectivity index (χ1n) is 32.2. The Labute approximate surface area is 470 Å². The highest BCUT2D eigenvalue weighted by Crippen LogP contribution is 2.17. The predicted octanol–water partition coefficient (Wildman–Crippen LogP) is 22.0. The summed E-state index contributed by atoms with van der Waals surface area (Å²) >= 11 is 0. The lowest BCUT2D eigenvalue weighted by molar-refractivity contribution is -0.167. The lowest BCUT2D eigenvalue weighted by atomic mass is 10.0. The van der Waals surface area contributed by atoms with Gasteiger partial charge in [-0.3, -0.25) is 14.4 Å². The Morgan fingerprint density at radius 2 is 0.513 bits per heavy atom. The van der Waals surface area contributed by atoms with Crippen LogP contribution in [0.15, 0.2) is 97.2 Å². The molecule has 0 fully saturated rings. The van der Waals surface area contributed by atoms with Crippen molar-refractivity contribution in [3.63, 3.8) is 0 Å². The summed E-state index contributed by atoms with van der Waals surface area (Å²) in [6.07, 6.45) is 85.5. The van der Waals surface area contributed by atoms with Crippen LogP contribution in [-0.2, 0) is 28.6 Å². The van der Waals surface area contributed by atoms with Crippen LogP contribution < -0.4 is 0 Å². The summed E-state index contributed by atoms with van der Waals surface area (Å²) in [5, 5.41) is 0. The third-order valence-electron chi connectivity index (χ3n) is 13.8. The highest BCUT2D eigenvalue weighted by Gasteiger charge is 2.19. The molecule has 0 spiro atoms. The van der Waals surface area contributed by atoms with E-state index in [1.165, 1.54) is 141 Å². The van der Waals surface area contributed by atoms with Crippen LogP contribution in [-0.4, -0.2) is 37.2 Å². The SMILES string of the molecule is CC/C=C\C/C=C\C/C=C\C/C=C\CCCCCCCCCCC(=O)OCC(COC(=O)CCCCCCCCCCCCCCCCCCCC)OC(=O)CCCCCCCC/C=C\C/C=C\C/C=C\C/C=C\CC. The van der Waals surface area contributed by atoms with Gasteiger partial charge in [-0.15, -0.1) is 0 Å². The van der Waals surface area contributed by atoms with Gasteiger partial charge in [-0.1, -0.05) is 291 Å². The zero-order valence-electron chi connectivity index (χ0n) is 50.0. The van der Waals surface area contributed by atoms with Gasteiger partial charge in [0.1, 0.15) is 13.2 Å². The Balaban J connectivity index is 4.41. The van der Waals surface area contributed by atoms with Crippen molar-refractivity contribution in [2.24, 2.45) is 0 Å². The van der Waals surface area contributed by atoms with Gasteiger partial charge < -0.3 is 14.2 Å². The second-order valence-corrected chi connectivity index (χ2v) is 21.3. The van der Waals surface area contributed by atoms with Gasteiger partial charge in [-0.25, -0.2) is 0 Å². The molecule has 0 amide bonds. The van der Waals surface area contributed by atoms with E-state index in [2.05, 4.69) is 118 Å². The minimum atomic E-state index is -0.790. The van der Waals surface area contributed by atoms with Crippen LogP contribution in [0.25, 0.3) is 0 Å². The molecule has 0 bridgehead atoms. The number of allylic oxidation sites excluding steroid dienone is 16. The number of unbranched alkanes of at least 4 members (excludes halogenated alkanes) is 31. The van der Waals surface area contributed by atoms with Crippen molar-refractivity contribution in [3.05, 3.63) is 97.2 Å². The van der Waals surface area contributed by atoms with Crippen molar-refractivity contribution in [1.29, 1.82) is 0 Å². The van der Waals surface area contributed by atoms with Crippen molar-refractivity contribution in [3.8, 4) is 0 Å². The number of hydrogen-bond acceptors (Lipinski definition) is 6.